The van der Waals surface area contributed by atoms with Crippen molar-refractivity contribution < 1.29 is 14.2 Å². The molecule has 0 saturated heterocycles. The van der Waals surface area contributed by atoms with Gasteiger partial charge in [-0.15, -0.1) is 0 Å². The molecule has 3 nitrogen and oxygen atoms in total. The van der Waals surface area contributed by atoms with Crippen molar-refractivity contribution in [2.24, 2.45) is 0 Å². The highest BCUT2D eigenvalue weighted by atomic mass is 28.1. The van der Waals surface area contributed by atoms with Crippen LogP contribution in [0.3, 0.4) is 0 Å². The Morgan fingerprint density at radius 3 is 2.00 bits per heavy atom. The number of rotatable bonds is 7. The van der Waals surface area contributed by atoms with Crippen molar-refractivity contribution in [1.82, 2.24) is 0 Å². The maximum absolute atomic E-state index is 5.72. The van der Waals surface area contributed by atoms with Crippen LogP contribution in [0.25, 0.3) is 0 Å². The average Bonchev–Trinajstić information content (AvgIpc) is 2.34. The molecule has 0 N–H and O–H groups in total. The third-order valence-corrected chi connectivity index (χ3v) is 3.18. The van der Waals surface area contributed by atoms with Crippen molar-refractivity contribution in [2.45, 2.75) is 26.8 Å². The molecule has 1 rings (SSSR count). The van der Waals surface area contributed by atoms with Crippen molar-refractivity contribution in [2.75, 3.05) is 19.8 Å². The van der Waals surface area contributed by atoms with Crippen molar-refractivity contribution in [3.63, 3.8) is 0 Å². The lowest BCUT2D eigenvalue weighted by atomic mass is 10.2. The van der Waals surface area contributed by atoms with Gasteiger partial charge in [0.05, 0.1) is 19.8 Å². The molecule has 0 bridgehead atoms. The summed E-state index contributed by atoms with van der Waals surface area (Å²) in [4.78, 5) is 0. The minimum atomic E-state index is 0.616. The molecule has 0 radical (unpaired) electrons. The molecule has 0 amide bonds. The molecule has 0 aliphatic heterocycles. The lowest BCUT2D eigenvalue weighted by Gasteiger charge is -2.17. The lowest BCUT2D eigenvalue weighted by molar-refractivity contribution is 0.259. The van der Waals surface area contributed by atoms with Gasteiger partial charge in [-0.25, -0.2) is 0 Å². The summed E-state index contributed by atoms with van der Waals surface area (Å²) < 4.78 is 17.0. The summed E-state index contributed by atoms with van der Waals surface area (Å²) in [5.41, 5.74) is 1.21. The second-order valence-corrected chi connectivity index (χ2v) is 4.24. The molecular weight excluding hydrogens is 232 g/mol. The van der Waals surface area contributed by atoms with E-state index in [1.54, 1.807) is 0 Å². The molecule has 0 saturated carbocycles. The van der Waals surface area contributed by atoms with Crippen LogP contribution in [0.1, 0.15) is 26.3 Å². The first-order valence-corrected chi connectivity index (χ1v) is 7.74. The quantitative estimate of drug-likeness (QED) is 0.694. The smallest absolute Gasteiger partial charge is 0.203 e. The highest BCUT2D eigenvalue weighted by Crippen LogP contribution is 2.40. The molecule has 0 fully saturated rings. The number of hydrogen-bond acceptors (Lipinski definition) is 3. The number of benzene rings is 1. The Kier molecular flexibility index (Phi) is 5.90. The molecule has 4 heteroatoms. The molecule has 1 aromatic carbocycles. The molecule has 0 atom stereocenters. The minimum absolute atomic E-state index is 0.616. The van der Waals surface area contributed by atoms with Gasteiger partial charge < -0.3 is 14.2 Å². The van der Waals surface area contributed by atoms with Gasteiger partial charge in [0.2, 0.25) is 5.75 Å². The standard InChI is InChI=1S/C13H22O3Si/c1-4-14-11-8-7-10(9-17)12(15-5-2)13(11)16-6-3/h7-8H,4-6,9H2,1-3,17H3. The van der Waals surface area contributed by atoms with E-state index in [1.807, 2.05) is 26.8 Å². The first kappa shape index (κ1) is 13.9. The first-order valence-electron chi connectivity index (χ1n) is 6.32. The van der Waals surface area contributed by atoms with Gasteiger partial charge in [-0.05, 0) is 38.4 Å². The highest BCUT2D eigenvalue weighted by Gasteiger charge is 2.15. The normalized spacial score (nSPS) is 10.3. The Morgan fingerprint density at radius 1 is 0.882 bits per heavy atom. The largest absolute Gasteiger partial charge is 0.490 e. The van der Waals surface area contributed by atoms with Crippen LogP contribution in [0.5, 0.6) is 17.2 Å². The van der Waals surface area contributed by atoms with Gasteiger partial charge in [-0.1, -0.05) is 6.07 Å². The molecule has 0 heterocycles. The van der Waals surface area contributed by atoms with Gasteiger partial charge in [-0.3, -0.25) is 0 Å². The van der Waals surface area contributed by atoms with Crippen LogP contribution in [0.2, 0.25) is 0 Å². The maximum Gasteiger partial charge on any atom is 0.203 e. The van der Waals surface area contributed by atoms with Gasteiger partial charge >= 0.3 is 0 Å². The van der Waals surface area contributed by atoms with E-state index < -0.39 is 0 Å². The van der Waals surface area contributed by atoms with Crippen LogP contribution in [-0.2, 0) is 6.04 Å². The Hall–Kier alpha value is -1.16. The molecule has 1 aromatic rings. The molecule has 96 valence electrons. The van der Waals surface area contributed by atoms with E-state index in [2.05, 4.69) is 6.07 Å². The third-order valence-electron chi connectivity index (χ3n) is 2.42. The van der Waals surface area contributed by atoms with Crippen molar-refractivity contribution in [3.05, 3.63) is 17.7 Å². The summed E-state index contributed by atoms with van der Waals surface area (Å²) in [6.07, 6.45) is 0. The van der Waals surface area contributed by atoms with Crippen molar-refractivity contribution in [1.29, 1.82) is 0 Å². The first-order chi connectivity index (χ1) is 8.28. The molecule has 0 unspecified atom stereocenters. The summed E-state index contributed by atoms with van der Waals surface area (Å²) >= 11 is 0. The summed E-state index contributed by atoms with van der Waals surface area (Å²) in [6, 6.07) is 5.11. The van der Waals surface area contributed by atoms with Crippen LogP contribution in [0.15, 0.2) is 12.1 Å². The van der Waals surface area contributed by atoms with E-state index in [1.165, 1.54) is 5.56 Å². The zero-order chi connectivity index (χ0) is 12.7. The Labute approximate surface area is 106 Å². The van der Waals surface area contributed by atoms with Gasteiger partial charge in [-0.2, -0.15) is 0 Å². The molecule has 0 aliphatic rings. The maximum atomic E-state index is 5.72. The monoisotopic (exact) mass is 254 g/mol. The topological polar surface area (TPSA) is 27.7 Å². The fourth-order valence-electron chi connectivity index (χ4n) is 1.72. The van der Waals surface area contributed by atoms with Crippen LogP contribution in [-0.4, -0.2) is 30.1 Å². The molecule has 17 heavy (non-hydrogen) atoms. The summed E-state index contributed by atoms with van der Waals surface area (Å²) in [6.45, 7) is 7.82. The predicted octanol–water partition coefficient (Wildman–Crippen LogP) is 1.75. The fourth-order valence-corrected chi connectivity index (χ4v) is 2.27. The van der Waals surface area contributed by atoms with Gasteiger partial charge in [0.25, 0.3) is 0 Å². The molecule has 0 aliphatic carbocycles. The zero-order valence-electron chi connectivity index (χ0n) is 11.2. The third kappa shape index (κ3) is 3.39. The Balaban J connectivity index is 3.20. The Morgan fingerprint density at radius 2 is 1.47 bits per heavy atom. The predicted molar refractivity (Wildman–Crippen MR) is 73.6 cm³/mol. The van der Waals surface area contributed by atoms with E-state index in [4.69, 9.17) is 14.2 Å². The summed E-state index contributed by atoms with van der Waals surface area (Å²) in [5, 5.41) is 0. The number of hydrogen-bond donors (Lipinski definition) is 0. The molecule has 0 aromatic heterocycles. The van der Waals surface area contributed by atoms with E-state index in [0.29, 0.717) is 19.8 Å². The summed E-state index contributed by atoms with van der Waals surface area (Å²) in [5.74, 6) is 2.39. The van der Waals surface area contributed by atoms with Gasteiger partial charge in [0.15, 0.2) is 11.5 Å². The van der Waals surface area contributed by atoms with Crippen molar-refractivity contribution >= 4 is 10.2 Å². The highest BCUT2D eigenvalue weighted by molar-refractivity contribution is 6.08. The van der Waals surface area contributed by atoms with E-state index in [0.717, 1.165) is 33.5 Å². The molecular formula is C13H22O3Si. The second kappa shape index (κ2) is 7.22. The average molecular weight is 254 g/mol. The fraction of sp³-hybridized carbons (Fsp3) is 0.538. The van der Waals surface area contributed by atoms with E-state index in [9.17, 15) is 0 Å². The Bertz CT molecular complexity index is 353. The summed E-state index contributed by atoms with van der Waals surface area (Å²) in [7, 11) is 1.11. The van der Waals surface area contributed by atoms with Crippen LogP contribution in [0.4, 0.5) is 0 Å². The molecule has 0 spiro atoms. The van der Waals surface area contributed by atoms with E-state index in [-0.39, 0.29) is 0 Å². The van der Waals surface area contributed by atoms with Crippen LogP contribution >= 0.6 is 0 Å². The van der Waals surface area contributed by atoms with E-state index >= 15 is 0 Å². The van der Waals surface area contributed by atoms with Crippen LogP contribution in [0, 0.1) is 0 Å². The van der Waals surface area contributed by atoms with Crippen molar-refractivity contribution in [3.8, 4) is 17.2 Å². The number of ether oxygens (including phenoxy) is 3. The van der Waals surface area contributed by atoms with Gasteiger partial charge in [0, 0.05) is 10.2 Å². The van der Waals surface area contributed by atoms with Gasteiger partial charge in [0.1, 0.15) is 0 Å². The second-order valence-electron chi connectivity index (χ2n) is 3.53. The lowest BCUT2D eigenvalue weighted by Crippen LogP contribution is -2.05. The van der Waals surface area contributed by atoms with Crippen LogP contribution < -0.4 is 14.2 Å². The SMILES string of the molecule is CCOc1ccc(C[SiH3])c(OCC)c1OCC. The minimum Gasteiger partial charge on any atom is -0.490 e. The zero-order valence-corrected chi connectivity index (χ0v) is 13.2.